The van der Waals surface area contributed by atoms with Crippen molar-refractivity contribution >= 4 is 11.6 Å². The van der Waals surface area contributed by atoms with Gasteiger partial charge in [-0.1, -0.05) is 18.2 Å². The predicted octanol–water partition coefficient (Wildman–Crippen LogP) is 0.0366. The molecule has 14 heavy (non-hydrogen) atoms. The fraction of sp³-hybridized carbons (Fsp3) is 0.200. The fourth-order valence-corrected chi connectivity index (χ4v) is 1.05. The monoisotopic (exact) mass is 194 g/mol. The third kappa shape index (κ3) is 2.25. The van der Waals surface area contributed by atoms with Gasteiger partial charge in [0.25, 0.3) is 0 Å². The van der Waals surface area contributed by atoms with Crippen LogP contribution in [0.1, 0.15) is 20.7 Å². The van der Waals surface area contributed by atoms with Crippen LogP contribution in [0, 0.1) is 0 Å². The number of rotatable bonds is 4. The molecule has 1 aromatic rings. The topological polar surface area (TPSA) is 74.6 Å². The summed E-state index contributed by atoms with van der Waals surface area (Å²) in [5.41, 5.74) is 0.540. The Balaban J connectivity index is 3.01. The molecule has 4 heteroatoms. The molecule has 4 nitrogen and oxygen atoms in total. The van der Waals surface area contributed by atoms with Crippen LogP contribution in [0.3, 0.4) is 0 Å². The van der Waals surface area contributed by atoms with Crippen LogP contribution in [0.2, 0.25) is 0 Å². The van der Waals surface area contributed by atoms with E-state index in [1.54, 1.807) is 0 Å². The summed E-state index contributed by atoms with van der Waals surface area (Å²) in [5.74, 6) is -0.893. The van der Waals surface area contributed by atoms with Gasteiger partial charge in [0.15, 0.2) is 11.6 Å². The Morgan fingerprint density at radius 3 is 1.79 bits per heavy atom. The molecule has 0 aliphatic heterocycles. The third-order valence-electron chi connectivity index (χ3n) is 1.79. The Labute approximate surface area is 80.8 Å². The molecule has 0 saturated heterocycles. The fourth-order valence-electron chi connectivity index (χ4n) is 1.05. The maximum absolute atomic E-state index is 11.1. The lowest BCUT2D eigenvalue weighted by molar-refractivity contribution is 0.0902. The van der Waals surface area contributed by atoms with Crippen molar-refractivity contribution in [1.82, 2.24) is 0 Å². The Kier molecular flexibility index (Phi) is 3.50. The van der Waals surface area contributed by atoms with Crippen molar-refractivity contribution in [3.8, 4) is 0 Å². The maximum atomic E-state index is 11.1. The molecule has 74 valence electrons. The molecule has 0 amide bonds. The Morgan fingerprint density at radius 2 is 1.43 bits per heavy atom. The van der Waals surface area contributed by atoms with Crippen molar-refractivity contribution in [3.05, 3.63) is 35.4 Å². The van der Waals surface area contributed by atoms with Crippen LogP contribution < -0.4 is 0 Å². The summed E-state index contributed by atoms with van der Waals surface area (Å²) in [5, 5.41) is 17.2. The highest BCUT2D eigenvalue weighted by atomic mass is 16.3. The highest BCUT2D eigenvalue weighted by Gasteiger charge is 2.08. The van der Waals surface area contributed by atoms with Crippen LogP contribution in [0.25, 0.3) is 0 Å². The molecule has 0 radical (unpaired) electrons. The molecular formula is C10H10O4. The van der Waals surface area contributed by atoms with Crippen LogP contribution in [0.15, 0.2) is 24.3 Å². The third-order valence-corrected chi connectivity index (χ3v) is 1.79. The van der Waals surface area contributed by atoms with Crippen molar-refractivity contribution in [2.75, 3.05) is 13.2 Å². The molecule has 0 unspecified atom stereocenters. The molecule has 0 heterocycles. The van der Waals surface area contributed by atoms with E-state index in [4.69, 9.17) is 10.2 Å². The van der Waals surface area contributed by atoms with Gasteiger partial charge in [0.1, 0.15) is 13.2 Å². The van der Waals surface area contributed by atoms with Gasteiger partial charge in [-0.15, -0.1) is 0 Å². The summed E-state index contributed by atoms with van der Waals surface area (Å²) >= 11 is 0. The first-order valence-electron chi connectivity index (χ1n) is 4.07. The Hall–Kier alpha value is -1.52. The van der Waals surface area contributed by atoms with Gasteiger partial charge >= 0.3 is 0 Å². The number of Topliss-reactive ketones (excluding diaryl/α,β-unsaturated/α-hetero) is 2. The zero-order valence-corrected chi connectivity index (χ0v) is 7.43. The van der Waals surface area contributed by atoms with E-state index in [-0.39, 0.29) is 11.1 Å². The number of ketones is 2. The summed E-state index contributed by atoms with van der Waals surface area (Å²) in [6.07, 6.45) is 0. The Bertz CT molecular complexity index is 326. The zero-order chi connectivity index (χ0) is 10.6. The van der Waals surface area contributed by atoms with Gasteiger partial charge in [0.05, 0.1) is 0 Å². The molecule has 0 aliphatic carbocycles. The molecule has 0 aromatic heterocycles. The molecule has 0 fully saturated rings. The number of hydrogen-bond donors (Lipinski definition) is 2. The second kappa shape index (κ2) is 4.64. The summed E-state index contributed by atoms with van der Waals surface area (Å²) in [6, 6.07) is 5.91. The minimum Gasteiger partial charge on any atom is -0.388 e. The maximum Gasteiger partial charge on any atom is 0.188 e. The largest absolute Gasteiger partial charge is 0.388 e. The average Bonchev–Trinajstić information content (AvgIpc) is 2.27. The number of benzene rings is 1. The van der Waals surface area contributed by atoms with E-state index in [9.17, 15) is 9.59 Å². The van der Waals surface area contributed by atoms with Crippen LogP contribution in [0.5, 0.6) is 0 Å². The number of aliphatic hydroxyl groups is 2. The van der Waals surface area contributed by atoms with Crippen LogP contribution >= 0.6 is 0 Å². The molecule has 0 aliphatic rings. The minimum atomic E-state index is -0.587. The number of carbonyl (C=O) groups is 2. The SMILES string of the molecule is O=C(CO)c1cccc(C(=O)CO)c1. The van der Waals surface area contributed by atoms with E-state index in [0.717, 1.165) is 0 Å². The standard InChI is InChI=1S/C10H10O4/c11-5-9(13)7-2-1-3-8(4-7)10(14)6-12/h1-4,11-12H,5-6H2. The second-order valence-electron chi connectivity index (χ2n) is 2.74. The Morgan fingerprint density at radius 1 is 1.00 bits per heavy atom. The number of carbonyl (C=O) groups excluding carboxylic acids is 2. The van der Waals surface area contributed by atoms with Gasteiger partial charge in [0.2, 0.25) is 0 Å². The number of aliphatic hydroxyl groups excluding tert-OH is 2. The van der Waals surface area contributed by atoms with E-state index >= 15 is 0 Å². The smallest absolute Gasteiger partial charge is 0.188 e. The molecule has 0 saturated carbocycles. The van der Waals surface area contributed by atoms with Gasteiger partial charge in [-0.3, -0.25) is 9.59 Å². The van der Waals surface area contributed by atoms with E-state index in [1.165, 1.54) is 24.3 Å². The van der Waals surface area contributed by atoms with Gasteiger partial charge in [0, 0.05) is 11.1 Å². The highest BCUT2D eigenvalue weighted by Crippen LogP contribution is 2.06. The van der Waals surface area contributed by atoms with Crippen molar-refractivity contribution in [2.24, 2.45) is 0 Å². The lowest BCUT2D eigenvalue weighted by Gasteiger charge is -2.00. The number of hydrogen-bond acceptors (Lipinski definition) is 4. The van der Waals surface area contributed by atoms with Gasteiger partial charge in [-0.25, -0.2) is 0 Å². The molecule has 1 aromatic carbocycles. The average molecular weight is 194 g/mol. The molecule has 2 N–H and O–H groups in total. The second-order valence-corrected chi connectivity index (χ2v) is 2.74. The van der Waals surface area contributed by atoms with Crippen LogP contribution in [-0.2, 0) is 0 Å². The van der Waals surface area contributed by atoms with Crippen molar-refractivity contribution in [3.63, 3.8) is 0 Å². The van der Waals surface area contributed by atoms with E-state index in [1.807, 2.05) is 0 Å². The molecule has 0 atom stereocenters. The first-order chi connectivity index (χ1) is 6.69. The highest BCUT2D eigenvalue weighted by molar-refractivity contribution is 6.02. The first kappa shape index (κ1) is 10.6. The normalized spacial score (nSPS) is 9.86. The quantitative estimate of drug-likeness (QED) is 0.663. The van der Waals surface area contributed by atoms with Gasteiger partial charge in [-0.05, 0) is 6.07 Å². The summed E-state index contributed by atoms with van der Waals surface area (Å²) in [4.78, 5) is 22.1. The van der Waals surface area contributed by atoms with Crippen molar-refractivity contribution < 1.29 is 19.8 Å². The summed E-state index contributed by atoms with van der Waals surface area (Å²) in [6.45, 7) is -1.17. The molecule has 0 bridgehead atoms. The lowest BCUT2D eigenvalue weighted by Crippen LogP contribution is -2.08. The zero-order valence-electron chi connectivity index (χ0n) is 7.43. The predicted molar refractivity (Wildman–Crippen MR) is 49.3 cm³/mol. The van der Waals surface area contributed by atoms with Crippen molar-refractivity contribution in [1.29, 1.82) is 0 Å². The first-order valence-corrected chi connectivity index (χ1v) is 4.07. The van der Waals surface area contributed by atoms with Crippen molar-refractivity contribution in [2.45, 2.75) is 0 Å². The van der Waals surface area contributed by atoms with E-state index < -0.39 is 24.8 Å². The van der Waals surface area contributed by atoms with Crippen LogP contribution in [0.4, 0.5) is 0 Å². The van der Waals surface area contributed by atoms with Gasteiger partial charge < -0.3 is 10.2 Å². The minimum absolute atomic E-state index is 0.270. The molecular weight excluding hydrogens is 184 g/mol. The van der Waals surface area contributed by atoms with Gasteiger partial charge in [-0.2, -0.15) is 0 Å². The molecule has 1 rings (SSSR count). The van der Waals surface area contributed by atoms with Crippen LogP contribution in [-0.4, -0.2) is 35.0 Å². The summed E-state index contributed by atoms with van der Waals surface area (Å²) in [7, 11) is 0. The summed E-state index contributed by atoms with van der Waals surface area (Å²) < 4.78 is 0. The van der Waals surface area contributed by atoms with E-state index in [0.29, 0.717) is 0 Å². The lowest BCUT2D eigenvalue weighted by atomic mass is 10.1. The van der Waals surface area contributed by atoms with E-state index in [2.05, 4.69) is 0 Å². The molecule has 0 spiro atoms.